The summed E-state index contributed by atoms with van der Waals surface area (Å²) in [6, 6.07) is 12.4. The van der Waals surface area contributed by atoms with Crippen LogP contribution in [-0.4, -0.2) is 37.9 Å². The summed E-state index contributed by atoms with van der Waals surface area (Å²) >= 11 is 1.04. The SMILES string of the molecule is COc1ccc(-c2nc(SCC(=O)Nc3ccc(F)cc3)c3c(=O)n(C)c(=O)n(C)c3n2)cc1. The Bertz CT molecular complexity index is 1500. The van der Waals surface area contributed by atoms with Crippen LogP contribution in [0, 0.1) is 5.82 Å². The smallest absolute Gasteiger partial charge is 0.332 e. The van der Waals surface area contributed by atoms with Crippen molar-refractivity contribution in [2.75, 3.05) is 18.2 Å². The average molecular weight is 482 g/mol. The summed E-state index contributed by atoms with van der Waals surface area (Å²) in [7, 11) is 4.45. The Morgan fingerprint density at radius 3 is 2.35 bits per heavy atom. The Morgan fingerprint density at radius 2 is 1.71 bits per heavy atom. The summed E-state index contributed by atoms with van der Waals surface area (Å²) in [6.07, 6.45) is 0. The standard InChI is InChI=1S/C23H20FN5O4S/c1-28-20-18(22(31)29(2)23(28)32)21(27-19(26-20)13-4-10-16(33-3)11-5-13)34-12-17(30)25-15-8-6-14(24)7-9-15/h4-11H,12H2,1-3H3,(H,25,30). The molecule has 34 heavy (non-hydrogen) atoms. The van der Waals surface area contributed by atoms with Gasteiger partial charge in [0.25, 0.3) is 5.56 Å². The van der Waals surface area contributed by atoms with Crippen molar-refractivity contribution in [3.05, 3.63) is 75.2 Å². The Balaban J connectivity index is 1.75. The normalized spacial score (nSPS) is 10.9. The molecule has 1 N–H and O–H groups in total. The number of hydrogen-bond donors (Lipinski definition) is 1. The first-order chi connectivity index (χ1) is 16.3. The number of carbonyl (C=O) groups excluding carboxylic acids is 1. The number of aromatic nitrogens is 4. The molecule has 4 aromatic rings. The third-order valence-electron chi connectivity index (χ3n) is 5.08. The minimum Gasteiger partial charge on any atom is -0.497 e. The van der Waals surface area contributed by atoms with Crippen LogP contribution < -0.4 is 21.3 Å². The highest BCUT2D eigenvalue weighted by Gasteiger charge is 2.19. The number of fused-ring (bicyclic) bond motifs is 1. The van der Waals surface area contributed by atoms with Gasteiger partial charge in [0.15, 0.2) is 11.5 Å². The van der Waals surface area contributed by atoms with E-state index in [0.717, 1.165) is 16.3 Å². The molecule has 0 atom stereocenters. The fourth-order valence-corrected chi connectivity index (χ4v) is 4.08. The van der Waals surface area contributed by atoms with Crippen LogP contribution in [-0.2, 0) is 18.9 Å². The molecule has 1 amide bonds. The molecule has 0 aliphatic carbocycles. The van der Waals surface area contributed by atoms with Crippen LogP contribution in [0.1, 0.15) is 0 Å². The summed E-state index contributed by atoms with van der Waals surface area (Å²) in [5.74, 6) is 0.0958. The fourth-order valence-electron chi connectivity index (χ4n) is 3.27. The van der Waals surface area contributed by atoms with Crippen LogP contribution in [0.5, 0.6) is 5.75 Å². The minimum absolute atomic E-state index is 0.0719. The number of thioether (sulfide) groups is 1. The second-order valence-corrected chi connectivity index (χ2v) is 8.29. The number of rotatable bonds is 6. The highest BCUT2D eigenvalue weighted by Crippen LogP contribution is 2.27. The Kier molecular flexibility index (Phi) is 6.46. The number of halogens is 1. The molecule has 0 aliphatic rings. The molecule has 174 valence electrons. The van der Waals surface area contributed by atoms with Crippen molar-refractivity contribution < 1.29 is 13.9 Å². The largest absolute Gasteiger partial charge is 0.497 e. The number of amides is 1. The molecule has 4 rings (SSSR count). The molecule has 2 aromatic carbocycles. The lowest BCUT2D eigenvalue weighted by Crippen LogP contribution is -2.37. The third kappa shape index (κ3) is 4.55. The van der Waals surface area contributed by atoms with Crippen LogP contribution in [0.4, 0.5) is 10.1 Å². The molecule has 0 fully saturated rings. The molecule has 0 radical (unpaired) electrons. The monoisotopic (exact) mass is 481 g/mol. The minimum atomic E-state index is -0.555. The second-order valence-electron chi connectivity index (χ2n) is 7.33. The van der Waals surface area contributed by atoms with Crippen LogP contribution in [0.25, 0.3) is 22.4 Å². The van der Waals surface area contributed by atoms with Gasteiger partial charge >= 0.3 is 5.69 Å². The molecule has 2 heterocycles. The van der Waals surface area contributed by atoms with E-state index in [1.54, 1.807) is 31.4 Å². The number of benzene rings is 2. The first-order valence-corrected chi connectivity index (χ1v) is 11.1. The lowest BCUT2D eigenvalue weighted by Gasteiger charge is -2.12. The molecule has 0 bridgehead atoms. The average Bonchev–Trinajstić information content (AvgIpc) is 2.85. The number of nitrogens with zero attached hydrogens (tertiary/aromatic N) is 4. The molecular weight excluding hydrogens is 461 g/mol. The maximum absolute atomic E-state index is 13.1. The van der Waals surface area contributed by atoms with E-state index in [1.807, 2.05) is 0 Å². The highest BCUT2D eigenvalue weighted by atomic mass is 32.2. The van der Waals surface area contributed by atoms with Gasteiger partial charge in [-0.15, -0.1) is 0 Å². The van der Waals surface area contributed by atoms with E-state index < -0.39 is 17.1 Å². The van der Waals surface area contributed by atoms with E-state index in [2.05, 4.69) is 15.3 Å². The molecule has 0 aliphatic heterocycles. The second kappa shape index (κ2) is 9.48. The molecule has 11 heteroatoms. The predicted octanol–water partition coefficient (Wildman–Crippen LogP) is 2.57. The number of aryl methyl sites for hydroxylation is 1. The summed E-state index contributed by atoms with van der Waals surface area (Å²) in [5, 5.41) is 3.08. The number of anilines is 1. The van der Waals surface area contributed by atoms with E-state index >= 15 is 0 Å². The molecular formula is C23H20FN5O4S. The van der Waals surface area contributed by atoms with E-state index in [-0.39, 0.29) is 27.7 Å². The van der Waals surface area contributed by atoms with Crippen LogP contribution >= 0.6 is 11.8 Å². The number of ether oxygens (including phenoxy) is 1. The zero-order chi connectivity index (χ0) is 24.4. The number of methoxy groups -OCH3 is 1. The van der Waals surface area contributed by atoms with Gasteiger partial charge < -0.3 is 10.1 Å². The van der Waals surface area contributed by atoms with Crippen molar-refractivity contribution in [1.82, 2.24) is 19.1 Å². The van der Waals surface area contributed by atoms with Crippen molar-refractivity contribution in [2.45, 2.75) is 5.03 Å². The Hall–Kier alpha value is -3.99. The lowest BCUT2D eigenvalue weighted by atomic mass is 10.2. The van der Waals surface area contributed by atoms with Gasteiger partial charge in [0.2, 0.25) is 5.91 Å². The molecule has 0 saturated heterocycles. The summed E-state index contributed by atoms with van der Waals surface area (Å²) in [5.41, 5.74) is 0.170. The molecule has 2 aromatic heterocycles. The summed E-state index contributed by atoms with van der Waals surface area (Å²) < 4.78 is 20.5. The summed E-state index contributed by atoms with van der Waals surface area (Å²) in [6.45, 7) is 0. The zero-order valence-corrected chi connectivity index (χ0v) is 19.4. The van der Waals surface area contributed by atoms with Crippen molar-refractivity contribution in [2.24, 2.45) is 14.1 Å². The Morgan fingerprint density at radius 1 is 1.03 bits per heavy atom. The molecule has 9 nitrogen and oxygen atoms in total. The molecule has 0 unspecified atom stereocenters. The van der Waals surface area contributed by atoms with E-state index in [9.17, 15) is 18.8 Å². The van der Waals surface area contributed by atoms with Crippen molar-refractivity contribution in [3.63, 3.8) is 0 Å². The Labute approximate surface area is 197 Å². The van der Waals surface area contributed by atoms with Crippen LogP contribution in [0.15, 0.2) is 63.1 Å². The van der Waals surface area contributed by atoms with Gasteiger partial charge in [-0.05, 0) is 48.5 Å². The zero-order valence-electron chi connectivity index (χ0n) is 18.5. The van der Waals surface area contributed by atoms with Gasteiger partial charge in [-0.25, -0.2) is 19.2 Å². The maximum atomic E-state index is 13.1. The number of hydrogen-bond acceptors (Lipinski definition) is 7. The first kappa shape index (κ1) is 23.2. The van der Waals surface area contributed by atoms with Gasteiger partial charge in [0, 0.05) is 25.3 Å². The predicted molar refractivity (Wildman–Crippen MR) is 128 cm³/mol. The quantitative estimate of drug-likeness (QED) is 0.333. The van der Waals surface area contributed by atoms with Crippen molar-refractivity contribution >= 4 is 34.4 Å². The van der Waals surface area contributed by atoms with Gasteiger partial charge in [-0.1, -0.05) is 11.8 Å². The molecule has 0 spiro atoms. The highest BCUT2D eigenvalue weighted by molar-refractivity contribution is 8.00. The third-order valence-corrected chi connectivity index (χ3v) is 6.06. The van der Waals surface area contributed by atoms with Crippen LogP contribution in [0.3, 0.4) is 0 Å². The molecule has 0 saturated carbocycles. The maximum Gasteiger partial charge on any atom is 0.332 e. The van der Waals surface area contributed by atoms with E-state index in [1.165, 1.54) is 42.9 Å². The van der Waals surface area contributed by atoms with Crippen LogP contribution in [0.2, 0.25) is 0 Å². The topological polar surface area (TPSA) is 108 Å². The lowest BCUT2D eigenvalue weighted by molar-refractivity contribution is -0.113. The summed E-state index contributed by atoms with van der Waals surface area (Å²) in [4.78, 5) is 46.9. The van der Waals surface area contributed by atoms with E-state index in [0.29, 0.717) is 22.8 Å². The number of nitrogens with one attached hydrogen (secondary N) is 1. The van der Waals surface area contributed by atoms with Gasteiger partial charge in [0.1, 0.15) is 22.0 Å². The fraction of sp³-hybridized carbons (Fsp3) is 0.174. The number of carbonyl (C=O) groups is 1. The van der Waals surface area contributed by atoms with Gasteiger partial charge in [-0.2, -0.15) is 0 Å². The van der Waals surface area contributed by atoms with E-state index in [4.69, 9.17) is 4.74 Å². The van der Waals surface area contributed by atoms with Crippen molar-refractivity contribution in [1.29, 1.82) is 0 Å². The van der Waals surface area contributed by atoms with Crippen molar-refractivity contribution in [3.8, 4) is 17.1 Å². The van der Waals surface area contributed by atoms with Gasteiger partial charge in [-0.3, -0.25) is 18.7 Å². The van der Waals surface area contributed by atoms with Gasteiger partial charge in [0.05, 0.1) is 12.9 Å². The first-order valence-electron chi connectivity index (χ1n) is 10.1.